The molecule has 2 amide bonds. The van der Waals surface area contributed by atoms with Crippen molar-refractivity contribution in [3.05, 3.63) is 91.9 Å². The summed E-state index contributed by atoms with van der Waals surface area (Å²) in [5, 5.41) is 15.7. The van der Waals surface area contributed by atoms with Crippen molar-refractivity contribution in [2.45, 2.75) is 6.92 Å². The van der Waals surface area contributed by atoms with Crippen LogP contribution < -0.4 is 15.4 Å². The van der Waals surface area contributed by atoms with Gasteiger partial charge in [-0.05, 0) is 76.5 Å². The molecule has 172 valence electrons. The summed E-state index contributed by atoms with van der Waals surface area (Å²) >= 11 is 15.5. The smallest absolute Gasteiger partial charge is 0.266 e. The van der Waals surface area contributed by atoms with Crippen LogP contribution >= 0.6 is 39.1 Å². The minimum Gasteiger partial charge on any atom is -0.483 e. The topological polar surface area (TPSA) is 91.2 Å². The van der Waals surface area contributed by atoms with E-state index >= 15 is 0 Å². The summed E-state index contributed by atoms with van der Waals surface area (Å²) in [7, 11) is 0. The molecular formula is C25H18BrCl2N3O3. The molecule has 0 aliphatic rings. The fourth-order valence-corrected chi connectivity index (χ4v) is 3.68. The third kappa shape index (κ3) is 6.84. The number of aryl methyl sites for hydroxylation is 1. The number of nitriles is 1. The molecule has 0 aliphatic heterocycles. The number of amides is 2. The van der Waals surface area contributed by atoms with Crippen LogP contribution in [0.5, 0.6) is 5.75 Å². The fraction of sp³-hybridized carbons (Fsp3) is 0.0800. The van der Waals surface area contributed by atoms with Gasteiger partial charge in [-0.3, -0.25) is 9.59 Å². The standard InChI is InChI=1S/C25H18BrCl2N3O3/c1-15-6-8-18(12-21(15)28)30-24(32)14-34-23-9-7-16(11-19(23)26)10-17(13-29)25(33)31-22-5-3-2-4-20(22)27/h2-12H,14H2,1H3,(H,30,32)(H,31,33)/b17-10+. The predicted octanol–water partition coefficient (Wildman–Crippen LogP) is 6.63. The highest BCUT2D eigenvalue weighted by Crippen LogP contribution is 2.28. The molecule has 0 fully saturated rings. The Morgan fingerprint density at radius 1 is 1.06 bits per heavy atom. The maximum atomic E-state index is 12.5. The van der Waals surface area contributed by atoms with Crippen LogP contribution in [0.25, 0.3) is 6.08 Å². The second-order valence-corrected chi connectivity index (χ2v) is 8.76. The Kier molecular flexibility index (Phi) is 8.72. The van der Waals surface area contributed by atoms with E-state index in [9.17, 15) is 14.9 Å². The van der Waals surface area contributed by atoms with Gasteiger partial charge in [0, 0.05) is 10.7 Å². The van der Waals surface area contributed by atoms with Crippen LogP contribution in [0, 0.1) is 18.3 Å². The molecule has 0 saturated carbocycles. The lowest BCUT2D eigenvalue weighted by molar-refractivity contribution is -0.118. The quantitative estimate of drug-likeness (QED) is 0.251. The highest BCUT2D eigenvalue weighted by molar-refractivity contribution is 9.10. The van der Waals surface area contributed by atoms with Crippen molar-refractivity contribution < 1.29 is 14.3 Å². The molecule has 6 nitrogen and oxygen atoms in total. The van der Waals surface area contributed by atoms with E-state index in [-0.39, 0.29) is 18.1 Å². The van der Waals surface area contributed by atoms with Gasteiger partial charge in [-0.25, -0.2) is 0 Å². The summed E-state index contributed by atoms with van der Waals surface area (Å²) < 4.78 is 6.13. The van der Waals surface area contributed by atoms with Gasteiger partial charge in [0.1, 0.15) is 17.4 Å². The summed E-state index contributed by atoms with van der Waals surface area (Å²) in [6, 6.07) is 18.8. The number of carbonyl (C=O) groups is 2. The van der Waals surface area contributed by atoms with Crippen molar-refractivity contribution in [1.29, 1.82) is 5.26 Å². The number of ether oxygens (including phenoxy) is 1. The van der Waals surface area contributed by atoms with Crippen molar-refractivity contribution >= 4 is 68.4 Å². The number of halogens is 3. The van der Waals surface area contributed by atoms with Gasteiger partial charge < -0.3 is 15.4 Å². The zero-order valence-corrected chi connectivity index (χ0v) is 21.0. The van der Waals surface area contributed by atoms with Gasteiger partial charge >= 0.3 is 0 Å². The maximum absolute atomic E-state index is 12.5. The molecule has 0 atom stereocenters. The molecule has 3 aromatic carbocycles. The zero-order valence-electron chi connectivity index (χ0n) is 17.9. The second-order valence-electron chi connectivity index (χ2n) is 7.09. The van der Waals surface area contributed by atoms with Crippen molar-refractivity contribution in [3.63, 3.8) is 0 Å². The lowest BCUT2D eigenvalue weighted by Gasteiger charge is -2.10. The number of benzene rings is 3. The number of nitrogens with one attached hydrogen (secondary N) is 2. The van der Waals surface area contributed by atoms with Crippen molar-refractivity contribution in [2.75, 3.05) is 17.2 Å². The molecule has 3 rings (SSSR count). The van der Waals surface area contributed by atoms with Gasteiger partial charge in [0.15, 0.2) is 6.61 Å². The normalized spacial score (nSPS) is 10.9. The van der Waals surface area contributed by atoms with Gasteiger partial charge in [0.05, 0.1) is 15.2 Å². The molecule has 0 heterocycles. The fourth-order valence-electron chi connectivity index (χ4n) is 2.80. The molecule has 0 aromatic heterocycles. The van der Waals surface area contributed by atoms with E-state index in [0.717, 1.165) is 5.56 Å². The van der Waals surface area contributed by atoms with Gasteiger partial charge in [-0.2, -0.15) is 5.26 Å². The number of nitrogens with zero attached hydrogens (tertiary/aromatic N) is 1. The van der Waals surface area contributed by atoms with E-state index in [1.807, 2.05) is 19.1 Å². The SMILES string of the molecule is Cc1ccc(NC(=O)COc2ccc(/C=C(\C#N)C(=O)Nc3ccccc3Cl)cc2Br)cc1Cl. The lowest BCUT2D eigenvalue weighted by atomic mass is 10.1. The van der Waals surface area contributed by atoms with Crippen LogP contribution in [0.1, 0.15) is 11.1 Å². The first-order valence-corrected chi connectivity index (χ1v) is 11.5. The molecule has 0 spiro atoms. The minimum atomic E-state index is -0.583. The largest absolute Gasteiger partial charge is 0.483 e. The van der Waals surface area contributed by atoms with Gasteiger partial charge in [-0.1, -0.05) is 47.5 Å². The molecule has 0 bridgehead atoms. The molecule has 0 saturated heterocycles. The summed E-state index contributed by atoms with van der Waals surface area (Å²) in [4.78, 5) is 24.7. The van der Waals surface area contributed by atoms with Crippen LogP contribution in [0.3, 0.4) is 0 Å². The first kappa shape index (κ1) is 25.3. The summed E-state index contributed by atoms with van der Waals surface area (Å²) in [6.07, 6.45) is 1.44. The number of carbonyl (C=O) groups excluding carboxylic acids is 2. The van der Waals surface area contributed by atoms with Crippen LogP contribution in [0.2, 0.25) is 10.0 Å². The summed E-state index contributed by atoms with van der Waals surface area (Å²) in [5.74, 6) is -0.507. The van der Waals surface area contributed by atoms with Gasteiger partial charge in [-0.15, -0.1) is 0 Å². The van der Waals surface area contributed by atoms with E-state index in [1.54, 1.807) is 54.6 Å². The molecular weight excluding hydrogens is 541 g/mol. The Hall–Kier alpha value is -3.31. The molecule has 0 unspecified atom stereocenters. The Morgan fingerprint density at radius 2 is 1.82 bits per heavy atom. The molecule has 2 N–H and O–H groups in total. The highest BCUT2D eigenvalue weighted by Gasteiger charge is 2.12. The van der Waals surface area contributed by atoms with Crippen LogP contribution in [0.15, 0.2) is 70.7 Å². The predicted molar refractivity (Wildman–Crippen MR) is 138 cm³/mol. The molecule has 0 aliphatic carbocycles. The van der Waals surface area contributed by atoms with E-state index in [0.29, 0.717) is 37.2 Å². The zero-order chi connectivity index (χ0) is 24.7. The van der Waals surface area contributed by atoms with Crippen LogP contribution in [-0.2, 0) is 9.59 Å². The molecule has 9 heteroatoms. The highest BCUT2D eigenvalue weighted by atomic mass is 79.9. The number of hydrogen-bond acceptors (Lipinski definition) is 4. The summed E-state index contributed by atoms with van der Waals surface area (Å²) in [5.41, 5.74) is 2.38. The number of hydrogen-bond donors (Lipinski definition) is 2. The Bertz CT molecular complexity index is 1320. The van der Waals surface area contributed by atoms with Gasteiger partial charge in [0.2, 0.25) is 0 Å². The molecule has 34 heavy (non-hydrogen) atoms. The third-order valence-corrected chi connectivity index (χ3v) is 5.92. The average molecular weight is 559 g/mol. The Labute approximate surface area is 215 Å². The average Bonchev–Trinajstić information content (AvgIpc) is 2.80. The van der Waals surface area contributed by atoms with E-state index < -0.39 is 5.91 Å². The minimum absolute atomic E-state index is 0.100. The maximum Gasteiger partial charge on any atom is 0.266 e. The molecule has 3 aromatic rings. The first-order chi connectivity index (χ1) is 16.3. The van der Waals surface area contributed by atoms with Crippen LogP contribution in [-0.4, -0.2) is 18.4 Å². The number of anilines is 2. The van der Waals surface area contributed by atoms with Crippen molar-refractivity contribution in [1.82, 2.24) is 0 Å². The van der Waals surface area contributed by atoms with Gasteiger partial charge in [0.25, 0.3) is 11.8 Å². The molecule has 0 radical (unpaired) electrons. The van der Waals surface area contributed by atoms with E-state index in [4.69, 9.17) is 27.9 Å². The lowest BCUT2D eigenvalue weighted by Crippen LogP contribution is -2.20. The van der Waals surface area contributed by atoms with Crippen molar-refractivity contribution in [3.8, 4) is 11.8 Å². The second kappa shape index (κ2) is 11.7. The Morgan fingerprint density at radius 3 is 2.50 bits per heavy atom. The monoisotopic (exact) mass is 557 g/mol. The third-order valence-electron chi connectivity index (χ3n) is 4.57. The number of para-hydroxylation sites is 1. The summed E-state index contributed by atoms with van der Waals surface area (Å²) in [6.45, 7) is 1.65. The number of rotatable bonds is 7. The van der Waals surface area contributed by atoms with E-state index in [2.05, 4.69) is 26.6 Å². The van der Waals surface area contributed by atoms with Crippen molar-refractivity contribution in [2.24, 2.45) is 0 Å². The van der Waals surface area contributed by atoms with E-state index in [1.165, 1.54) is 6.08 Å². The first-order valence-electron chi connectivity index (χ1n) is 9.93. The van der Waals surface area contributed by atoms with Crippen LogP contribution in [0.4, 0.5) is 11.4 Å². The Balaban J connectivity index is 1.64.